The molecule has 3 heterocycles. The third-order valence-electron chi connectivity index (χ3n) is 5.62. The minimum atomic E-state index is -0.669. The van der Waals surface area contributed by atoms with Crippen molar-refractivity contribution in [2.75, 3.05) is 0 Å². The minimum absolute atomic E-state index is 0.108. The Morgan fingerprint density at radius 2 is 1.86 bits per heavy atom. The summed E-state index contributed by atoms with van der Waals surface area (Å²) < 4.78 is 16.7. The van der Waals surface area contributed by atoms with Crippen LogP contribution in [-0.4, -0.2) is 47.1 Å². The van der Waals surface area contributed by atoms with Crippen LogP contribution in [0.25, 0.3) is 0 Å². The zero-order valence-corrected chi connectivity index (χ0v) is 12.2. The molecular formula is C15H20O6. The van der Waals surface area contributed by atoms with E-state index in [4.69, 9.17) is 14.2 Å². The van der Waals surface area contributed by atoms with Gasteiger partial charge in [-0.15, -0.1) is 0 Å². The Balaban J connectivity index is 1.68. The number of aliphatic hydroxyl groups excluding tert-OH is 1. The molecule has 0 amide bonds. The van der Waals surface area contributed by atoms with Gasteiger partial charge < -0.3 is 19.3 Å². The molecule has 0 aromatic heterocycles. The van der Waals surface area contributed by atoms with Crippen molar-refractivity contribution in [1.29, 1.82) is 0 Å². The van der Waals surface area contributed by atoms with Gasteiger partial charge in [-0.1, -0.05) is 6.92 Å². The number of rotatable bonds is 0. The van der Waals surface area contributed by atoms with Crippen LogP contribution in [0, 0.1) is 17.8 Å². The van der Waals surface area contributed by atoms with Crippen LogP contribution < -0.4 is 0 Å². The van der Waals surface area contributed by atoms with Crippen LogP contribution in [0.15, 0.2) is 0 Å². The molecule has 3 aliphatic heterocycles. The van der Waals surface area contributed by atoms with Crippen LogP contribution in [0.3, 0.4) is 0 Å². The molecule has 4 fully saturated rings. The largest absolute Gasteiger partial charge is 0.462 e. The first-order chi connectivity index (χ1) is 9.89. The predicted octanol–water partition coefficient (Wildman–Crippen LogP) is 0.408. The highest BCUT2D eigenvalue weighted by atomic mass is 16.6. The van der Waals surface area contributed by atoms with E-state index in [1.54, 1.807) is 0 Å². The van der Waals surface area contributed by atoms with Crippen LogP contribution in [0.5, 0.6) is 0 Å². The molecule has 4 rings (SSSR count). The Kier molecular flexibility index (Phi) is 2.70. The van der Waals surface area contributed by atoms with Crippen molar-refractivity contribution in [2.24, 2.45) is 17.8 Å². The van der Waals surface area contributed by atoms with Crippen molar-refractivity contribution in [2.45, 2.75) is 63.1 Å². The third-order valence-corrected chi connectivity index (χ3v) is 5.62. The molecule has 0 spiro atoms. The average Bonchev–Trinajstić information content (AvgIpc) is 2.83. The highest BCUT2D eigenvalue weighted by molar-refractivity contribution is 5.77. The lowest BCUT2D eigenvalue weighted by molar-refractivity contribution is -0.147. The molecule has 0 unspecified atom stereocenters. The van der Waals surface area contributed by atoms with Crippen LogP contribution >= 0.6 is 0 Å². The number of hydrogen-bond donors (Lipinski definition) is 1. The smallest absolute Gasteiger partial charge is 0.309 e. The van der Waals surface area contributed by atoms with E-state index in [-0.39, 0.29) is 48.0 Å². The fraction of sp³-hybridized carbons (Fsp3) is 0.867. The molecule has 116 valence electrons. The van der Waals surface area contributed by atoms with Crippen LogP contribution in [0.2, 0.25) is 0 Å². The van der Waals surface area contributed by atoms with Crippen molar-refractivity contribution in [1.82, 2.24) is 0 Å². The monoisotopic (exact) mass is 296 g/mol. The maximum Gasteiger partial charge on any atom is 0.309 e. The molecule has 0 aromatic rings. The lowest BCUT2D eigenvalue weighted by atomic mass is 9.78. The van der Waals surface area contributed by atoms with Gasteiger partial charge in [-0.2, -0.15) is 0 Å². The predicted molar refractivity (Wildman–Crippen MR) is 69.0 cm³/mol. The van der Waals surface area contributed by atoms with Crippen LogP contribution in [0.1, 0.15) is 33.1 Å². The number of esters is 2. The van der Waals surface area contributed by atoms with E-state index in [0.717, 1.165) is 0 Å². The van der Waals surface area contributed by atoms with Gasteiger partial charge in [0.2, 0.25) is 0 Å². The second-order valence-electron chi connectivity index (χ2n) is 7.11. The lowest BCUT2D eigenvalue weighted by Crippen LogP contribution is -2.36. The number of hydrogen-bond acceptors (Lipinski definition) is 6. The number of epoxide rings is 1. The average molecular weight is 296 g/mol. The first-order valence-electron chi connectivity index (χ1n) is 7.66. The Bertz CT molecular complexity index is 504. The quantitative estimate of drug-likeness (QED) is 0.515. The van der Waals surface area contributed by atoms with E-state index in [1.165, 1.54) is 0 Å². The topological polar surface area (TPSA) is 85.4 Å². The van der Waals surface area contributed by atoms with Crippen LogP contribution in [0.4, 0.5) is 0 Å². The van der Waals surface area contributed by atoms with E-state index in [2.05, 4.69) is 0 Å². The van der Waals surface area contributed by atoms with Crippen molar-refractivity contribution in [3.05, 3.63) is 0 Å². The Morgan fingerprint density at radius 3 is 2.62 bits per heavy atom. The molecule has 6 heteroatoms. The van der Waals surface area contributed by atoms with E-state index < -0.39 is 11.7 Å². The maximum absolute atomic E-state index is 12.0. The molecule has 1 N–H and O–H groups in total. The molecule has 21 heavy (non-hydrogen) atoms. The molecule has 1 aliphatic carbocycles. The highest BCUT2D eigenvalue weighted by Crippen LogP contribution is 2.50. The van der Waals surface area contributed by atoms with Crippen molar-refractivity contribution in [3.8, 4) is 0 Å². The summed E-state index contributed by atoms with van der Waals surface area (Å²) in [5.41, 5.74) is -0.466. The third kappa shape index (κ3) is 1.92. The van der Waals surface area contributed by atoms with Gasteiger partial charge in [0.25, 0.3) is 0 Å². The van der Waals surface area contributed by atoms with Gasteiger partial charge in [-0.05, 0) is 19.8 Å². The van der Waals surface area contributed by atoms with E-state index >= 15 is 0 Å². The van der Waals surface area contributed by atoms with E-state index in [0.29, 0.717) is 19.3 Å². The standard InChI is InChI=1S/C15H20O6/c1-6-11-9-4-7(14(18)19-9)3-8(16)12-15(2,21-12)5-10(11)20-13(6)17/h6-12,16H,3-5H2,1-2H3/t6-,7-,8+,9-,10+,11+,12+,15-/m1/s1. The molecule has 4 aliphatic rings. The summed E-state index contributed by atoms with van der Waals surface area (Å²) in [7, 11) is 0. The van der Waals surface area contributed by atoms with Gasteiger partial charge in [-0.25, -0.2) is 0 Å². The number of aliphatic hydroxyl groups is 1. The first kappa shape index (κ1) is 13.5. The van der Waals surface area contributed by atoms with E-state index in [9.17, 15) is 14.7 Å². The molecule has 3 saturated heterocycles. The molecule has 6 nitrogen and oxygen atoms in total. The van der Waals surface area contributed by atoms with Gasteiger partial charge in [0.05, 0.1) is 23.5 Å². The fourth-order valence-corrected chi connectivity index (χ4v) is 4.37. The summed E-state index contributed by atoms with van der Waals surface area (Å²) in [6.45, 7) is 3.77. The minimum Gasteiger partial charge on any atom is -0.462 e. The van der Waals surface area contributed by atoms with Gasteiger partial charge in [-0.3, -0.25) is 9.59 Å². The van der Waals surface area contributed by atoms with Gasteiger partial charge >= 0.3 is 11.9 Å². The summed E-state index contributed by atoms with van der Waals surface area (Å²) in [6, 6.07) is 0. The molecule has 8 atom stereocenters. The lowest BCUT2D eigenvalue weighted by Gasteiger charge is -2.26. The zero-order valence-electron chi connectivity index (χ0n) is 12.2. The molecule has 0 aromatic carbocycles. The van der Waals surface area contributed by atoms with E-state index in [1.807, 2.05) is 13.8 Å². The van der Waals surface area contributed by atoms with Crippen LogP contribution in [-0.2, 0) is 23.8 Å². The second-order valence-corrected chi connectivity index (χ2v) is 7.11. The first-order valence-corrected chi connectivity index (χ1v) is 7.66. The normalized spacial score (nSPS) is 55.3. The molecular weight excluding hydrogens is 276 g/mol. The van der Waals surface area contributed by atoms with Gasteiger partial charge in [0.1, 0.15) is 18.3 Å². The summed E-state index contributed by atoms with van der Waals surface area (Å²) in [5, 5.41) is 10.2. The van der Waals surface area contributed by atoms with Crippen molar-refractivity contribution >= 4 is 11.9 Å². The SMILES string of the molecule is C[C@H]1C(=O)O[C@H]2C[C@@]3(C)O[C@H]3[C@@H](O)C[C@@H]3C[C@@H](OC3=O)[C@@H]21. The fourth-order valence-electron chi connectivity index (χ4n) is 4.37. The highest BCUT2D eigenvalue weighted by Gasteiger charge is 2.62. The number of carbonyl (C=O) groups excluding carboxylic acids is 2. The Hall–Kier alpha value is -1.14. The Morgan fingerprint density at radius 1 is 1.14 bits per heavy atom. The summed E-state index contributed by atoms with van der Waals surface area (Å²) in [4.78, 5) is 23.9. The number of fused-ring (bicyclic) bond motifs is 5. The Labute approximate surface area is 122 Å². The maximum atomic E-state index is 12.0. The molecule has 1 saturated carbocycles. The summed E-state index contributed by atoms with van der Waals surface area (Å²) >= 11 is 0. The van der Waals surface area contributed by atoms with Gasteiger partial charge in [0, 0.05) is 12.3 Å². The second kappa shape index (κ2) is 4.20. The van der Waals surface area contributed by atoms with Crippen molar-refractivity contribution < 1.29 is 28.9 Å². The van der Waals surface area contributed by atoms with Gasteiger partial charge in [0.15, 0.2) is 0 Å². The molecule has 2 bridgehead atoms. The van der Waals surface area contributed by atoms with Crippen molar-refractivity contribution in [3.63, 3.8) is 0 Å². The number of ether oxygens (including phenoxy) is 3. The number of carbonyl (C=O) groups is 2. The zero-order chi connectivity index (χ0) is 14.9. The molecule has 0 radical (unpaired) electrons. The summed E-state index contributed by atoms with van der Waals surface area (Å²) in [6.07, 6.45) is -0.0641. The summed E-state index contributed by atoms with van der Waals surface area (Å²) in [5.74, 6) is -1.18.